The monoisotopic (exact) mass is 446 g/mol. The van der Waals surface area contributed by atoms with Crippen molar-refractivity contribution < 1.29 is 22.4 Å². The maximum atomic E-state index is 13.2. The molecular weight excluding hydrogens is 428 g/mol. The number of amides is 2. The van der Waals surface area contributed by atoms with Crippen molar-refractivity contribution in [3.05, 3.63) is 92.9 Å². The molecule has 2 heterocycles. The lowest BCUT2D eigenvalue weighted by Crippen LogP contribution is -2.42. The Hall–Kier alpha value is -3.69. The van der Waals surface area contributed by atoms with Crippen LogP contribution in [-0.2, 0) is 25.6 Å². The number of nitrogens with zero attached hydrogens (tertiary/aromatic N) is 2. The molecule has 2 N–H and O–H groups in total. The molecule has 1 aliphatic heterocycles. The molecule has 0 aliphatic carbocycles. The number of aromatic nitrogens is 2. The standard InChI is InChI=1S/C22H18F4N4O2/c23-14-7-5-13(6-8-14)11-19-27-17-9-10-30(12-15(17)20(31)29-19)21(32)28-18-4-2-1-3-16(18)22(24,25)26/h1-8H,9-12H2,(H,28,32)(H,27,29,31). The highest BCUT2D eigenvalue weighted by Gasteiger charge is 2.34. The van der Waals surface area contributed by atoms with E-state index in [4.69, 9.17) is 0 Å². The van der Waals surface area contributed by atoms with Gasteiger partial charge < -0.3 is 15.2 Å². The summed E-state index contributed by atoms with van der Waals surface area (Å²) in [6, 6.07) is 9.80. The number of nitrogens with one attached hydrogen (secondary N) is 2. The molecule has 10 heteroatoms. The van der Waals surface area contributed by atoms with E-state index >= 15 is 0 Å². The van der Waals surface area contributed by atoms with Gasteiger partial charge in [0.2, 0.25) is 0 Å². The number of fused-ring (bicyclic) bond motifs is 1. The van der Waals surface area contributed by atoms with E-state index in [-0.39, 0.29) is 31.0 Å². The van der Waals surface area contributed by atoms with Crippen LogP contribution in [0.3, 0.4) is 0 Å². The molecule has 32 heavy (non-hydrogen) atoms. The molecule has 2 aromatic carbocycles. The summed E-state index contributed by atoms with van der Waals surface area (Å²) in [6.45, 7) is 0.119. The lowest BCUT2D eigenvalue weighted by molar-refractivity contribution is -0.136. The van der Waals surface area contributed by atoms with Gasteiger partial charge in [0.05, 0.1) is 29.1 Å². The van der Waals surface area contributed by atoms with Crippen LogP contribution >= 0.6 is 0 Å². The number of hydrogen-bond donors (Lipinski definition) is 2. The van der Waals surface area contributed by atoms with Crippen molar-refractivity contribution in [2.24, 2.45) is 0 Å². The summed E-state index contributed by atoms with van der Waals surface area (Å²) in [5, 5.41) is 2.29. The highest BCUT2D eigenvalue weighted by Crippen LogP contribution is 2.34. The number of carbonyl (C=O) groups excluding carboxylic acids is 1. The fourth-order valence-corrected chi connectivity index (χ4v) is 3.56. The highest BCUT2D eigenvalue weighted by molar-refractivity contribution is 5.90. The number of alkyl halides is 3. The average Bonchev–Trinajstić information content (AvgIpc) is 2.75. The molecule has 166 valence electrons. The Balaban J connectivity index is 1.50. The number of rotatable bonds is 3. The Kier molecular flexibility index (Phi) is 5.68. The third-order valence-corrected chi connectivity index (χ3v) is 5.16. The van der Waals surface area contributed by atoms with Gasteiger partial charge in [-0.3, -0.25) is 4.79 Å². The zero-order valence-electron chi connectivity index (χ0n) is 16.7. The summed E-state index contributed by atoms with van der Waals surface area (Å²) >= 11 is 0. The minimum Gasteiger partial charge on any atom is -0.320 e. The number of H-pyrrole nitrogens is 1. The van der Waals surface area contributed by atoms with Crippen LogP contribution in [-0.4, -0.2) is 27.4 Å². The molecule has 3 aromatic rings. The van der Waals surface area contributed by atoms with E-state index in [9.17, 15) is 27.2 Å². The largest absolute Gasteiger partial charge is 0.418 e. The van der Waals surface area contributed by atoms with E-state index in [1.54, 1.807) is 12.1 Å². The summed E-state index contributed by atoms with van der Waals surface area (Å²) < 4.78 is 52.6. The summed E-state index contributed by atoms with van der Waals surface area (Å²) in [4.78, 5) is 33.6. The van der Waals surface area contributed by atoms with Crippen molar-refractivity contribution in [3.8, 4) is 0 Å². The Labute approximate surface area is 179 Å². The first-order valence-electron chi connectivity index (χ1n) is 9.78. The molecule has 0 saturated heterocycles. The normalized spacial score (nSPS) is 13.6. The van der Waals surface area contributed by atoms with E-state index in [1.807, 2.05) is 0 Å². The van der Waals surface area contributed by atoms with Crippen LogP contribution in [0.4, 0.5) is 28.0 Å². The molecule has 6 nitrogen and oxygen atoms in total. The fraction of sp³-hybridized carbons (Fsp3) is 0.227. The van der Waals surface area contributed by atoms with Crippen molar-refractivity contribution in [3.63, 3.8) is 0 Å². The number of carbonyl (C=O) groups is 1. The first-order valence-corrected chi connectivity index (χ1v) is 9.78. The van der Waals surface area contributed by atoms with Crippen molar-refractivity contribution in [2.75, 3.05) is 11.9 Å². The smallest absolute Gasteiger partial charge is 0.320 e. The molecule has 1 aliphatic rings. The van der Waals surface area contributed by atoms with E-state index in [0.717, 1.165) is 11.6 Å². The van der Waals surface area contributed by atoms with Crippen LogP contribution in [0.1, 0.15) is 28.2 Å². The van der Waals surface area contributed by atoms with Crippen LogP contribution in [0.2, 0.25) is 0 Å². The SMILES string of the molecule is O=C(Nc1ccccc1C(F)(F)F)N1CCc2nc(Cc3ccc(F)cc3)[nH]c(=O)c2C1. The van der Waals surface area contributed by atoms with Crippen LogP contribution in [0.25, 0.3) is 0 Å². The van der Waals surface area contributed by atoms with Crippen LogP contribution in [0.15, 0.2) is 53.3 Å². The third kappa shape index (κ3) is 4.63. The summed E-state index contributed by atoms with van der Waals surface area (Å²) in [5.74, 6) is 0.0502. The quantitative estimate of drug-likeness (QED) is 0.595. The second-order valence-corrected chi connectivity index (χ2v) is 7.39. The predicted molar refractivity (Wildman–Crippen MR) is 109 cm³/mol. The molecule has 0 saturated carbocycles. The lowest BCUT2D eigenvalue weighted by Gasteiger charge is -2.28. The van der Waals surface area contributed by atoms with E-state index < -0.39 is 23.3 Å². The van der Waals surface area contributed by atoms with Gasteiger partial charge in [-0.05, 0) is 29.8 Å². The molecule has 2 amide bonds. The zero-order valence-corrected chi connectivity index (χ0v) is 16.7. The van der Waals surface area contributed by atoms with Crippen molar-refractivity contribution >= 4 is 11.7 Å². The number of aromatic amines is 1. The van der Waals surface area contributed by atoms with Gasteiger partial charge >= 0.3 is 12.2 Å². The number of para-hydroxylation sites is 1. The van der Waals surface area contributed by atoms with Gasteiger partial charge in [0, 0.05) is 19.4 Å². The maximum Gasteiger partial charge on any atom is 0.418 e. The van der Waals surface area contributed by atoms with E-state index in [2.05, 4.69) is 15.3 Å². The summed E-state index contributed by atoms with van der Waals surface area (Å²) in [7, 11) is 0. The Morgan fingerprint density at radius 1 is 1.12 bits per heavy atom. The zero-order chi connectivity index (χ0) is 22.9. The predicted octanol–water partition coefficient (Wildman–Crippen LogP) is 4.11. The Morgan fingerprint density at radius 3 is 2.56 bits per heavy atom. The minimum atomic E-state index is -4.61. The number of urea groups is 1. The molecule has 0 unspecified atom stereocenters. The van der Waals surface area contributed by atoms with Crippen molar-refractivity contribution in [1.82, 2.24) is 14.9 Å². The second kappa shape index (κ2) is 8.45. The second-order valence-electron chi connectivity index (χ2n) is 7.39. The number of halogens is 4. The number of benzene rings is 2. The third-order valence-electron chi connectivity index (χ3n) is 5.16. The van der Waals surface area contributed by atoms with Gasteiger partial charge in [0.25, 0.3) is 5.56 Å². The number of anilines is 1. The maximum absolute atomic E-state index is 13.2. The summed E-state index contributed by atoms with van der Waals surface area (Å²) in [6.07, 6.45) is -4.02. The van der Waals surface area contributed by atoms with Crippen LogP contribution < -0.4 is 10.9 Å². The van der Waals surface area contributed by atoms with Gasteiger partial charge in [-0.15, -0.1) is 0 Å². The minimum absolute atomic E-state index is 0.0749. The van der Waals surface area contributed by atoms with Gasteiger partial charge in [0.1, 0.15) is 11.6 Å². The van der Waals surface area contributed by atoms with Gasteiger partial charge in [-0.2, -0.15) is 13.2 Å². The first kappa shape index (κ1) is 21.5. The van der Waals surface area contributed by atoms with Gasteiger partial charge in [0.15, 0.2) is 0 Å². The number of hydrogen-bond acceptors (Lipinski definition) is 3. The van der Waals surface area contributed by atoms with Gasteiger partial charge in [-0.1, -0.05) is 24.3 Å². The van der Waals surface area contributed by atoms with Gasteiger partial charge in [-0.25, -0.2) is 14.2 Å². The molecule has 0 spiro atoms. The first-order chi connectivity index (χ1) is 15.2. The van der Waals surface area contributed by atoms with Crippen molar-refractivity contribution in [2.45, 2.75) is 25.6 Å². The van der Waals surface area contributed by atoms with Crippen LogP contribution in [0.5, 0.6) is 0 Å². The molecular formula is C22H18F4N4O2. The van der Waals surface area contributed by atoms with Crippen molar-refractivity contribution in [1.29, 1.82) is 0 Å². The fourth-order valence-electron chi connectivity index (χ4n) is 3.56. The molecule has 0 bridgehead atoms. The molecule has 4 rings (SSSR count). The Bertz CT molecular complexity index is 1210. The highest BCUT2D eigenvalue weighted by atomic mass is 19.4. The lowest BCUT2D eigenvalue weighted by atomic mass is 10.1. The van der Waals surface area contributed by atoms with Crippen LogP contribution in [0, 0.1) is 5.82 Å². The molecule has 0 atom stereocenters. The topological polar surface area (TPSA) is 78.1 Å². The Morgan fingerprint density at radius 2 is 1.84 bits per heavy atom. The molecule has 1 aromatic heterocycles. The van der Waals surface area contributed by atoms with E-state index in [1.165, 1.54) is 35.2 Å². The molecule has 0 fully saturated rings. The summed E-state index contributed by atoms with van der Waals surface area (Å²) in [5.41, 5.74) is -0.118. The van der Waals surface area contributed by atoms with E-state index in [0.29, 0.717) is 23.5 Å². The average molecular weight is 446 g/mol. The molecule has 0 radical (unpaired) electrons.